The Labute approximate surface area is 97.2 Å². The molecular formula is C11H14O6. The van der Waals surface area contributed by atoms with E-state index in [0.29, 0.717) is 12.8 Å². The predicted octanol–water partition coefficient (Wildman–Crippen LogP) is 0.807. The van der Waals surface area contributed by atoms with Gasteiger partial charge in [-0.15, -0.1) is 0 Å². The van der Waals surface area contributed by atoms with Crippen molar-refractivity contribution in [1.29, 1.82) is 0 Å². The second-order valence-corrected chi connectivity index (χ2v) is 5.00. The Kier molecular flexibility index (Phi) is 2.41. The van der Waals surface area contributed by atoms with Crippen LogP contribution >= 0.6 is 0 Å². The lowest BCUT2D eigenvalue weighted by Gasteiger charge is -2.56. The molecule has 0 aromatic carbocycles. The van der Waals surface area contributed by atoms with E-state index in [-0.39, 0.29) is 6.42 Å². The number of hydrogen-bond acceptors (Lipinski definition) is 3. The van der Waals surface area contributed by atoms with Gasteiger partial charge in [0.05, 0.1) is 5.92 Å². The van der Waals surface area contributed by atoms with Gasteiger partial charge in [-0.2, -0.15) is 0 Å². The lowest BCUT2D eigenvalue weighted by Crippen LogP contribution is -2.67. The molecule has 17 heavy (non-hydrogen) atoms. The molecule has 0 bridgehead atoms. The third kappa shape index (κ3) is 1.18. The quantitative estimate of drug-likeness (QED) is 0.631. The monoisotopic (exact) mass is 242 g/mol. The van der Waals surface area contributed by atoms with Crippen molar-refractivity contribution in [1.82, 2.24) is 0 Å². The number of aliphatic carboxylic acids is 3. The second kappa shape index (κ2) is 3.45. The highest BCUT2D eigenvalue weighted by molar-refractivity contribution is 6.05. The van der Waals surface area contributed by atoms with Crippen molar-refractivity contribution in [3.05, 3.63) is 0 Å². The highest BCUT2D eigenvalue weighted by atomic mass is 16.4. The van der Waals surface area contributed by atoms with Gasteiger partial charge in [0.15, 0.2) is 5.41 Å². The van der Waals surface area contributed by atoms with Gasteiger partial charge in [0, 0.05) is 0 Å². The number of carbonyl (C=O) groups is 3. The minimum Gasteiger partial charge on any atom is -0.481 e. The lowest BCUT2D eigenvalue weighted by molar-refractivity contribution is -0.215. The number of hydrogen-bond donors (Lipinski definition) is 3. The maximum atomic E-state index is 11.4. The van der Waals surface area contributed by atoms with Gasteiger partial charge in [-0.3, -0.25) is 14.4 Å². The first-order valence-electron chi connectivity index (χ1n) is 5.58. The smallest absolute Gasteiger partial charge is 0.322 e. The lowest BCUT2D eigenvalue weighted by atomic mass is 9.42. The number of rotatable bonds is 3. The molecule has 0 saturated heterocycles. The summed E-state index contributed by atoms with van der Waals surface area (Å²) in [5.41, 5.74) is -2.98. The summed E-state index contributed by atoms with van der Waals surface area (Å²) in [7, 11) is 0. The molecule has 1 unspecified atom stereocenters. The van der Waals surface area contributed by atoms with Crippen LogP contribution in [0.1, 0.15) is 32.1 Å². The first kappa shape index (κ1) is 11.9. The molecule has 2 rings (SSSR count). The van der Waals surface area contributed by atoms with E-state index in [0.717, 1.165) is 12.8 Å². The summed E-state index contributed by atoms with van der Waals surface area (Å²) < 4.78 is 0. The molecule has 6 heteroatoms. The van der Waals surface area contributed by atoms with Gasteiger partial charge in [-0.25, -0.2) is 0 Å². The largest absolute Gasteiger partial charge is 0.481 e. The average Bonchev–Trinajstić information content (AvgIpc) is 2.63. The van der Waals surface area contributed by atoms with Crippen molar-refractivity contribution in [2.75, 3.05) is 0 Å². The minimum atomic E-state index is -2.13. The van der Waals surface area contributed by atoms with Gasteiger partial charge < -0.3 is 15.3 Å². The van der Waals surface area contributed by atoms with Gasteiger partial charge in [0.2, 0.25) is 0 Å². The Hall–Kier alpha value is -1.59. The predicted molar refractivity (Wildman–Crippen MR) is 54.3 cm³/mol. The zero-order chi connectivity index (χ0) is 12.8. The fraction of sp³-hybridized carbons (Fsp3) is 0.727. The Morgan fingerprint density at radius 1 is 0.941 bits per heavy atom. The van der Waals surface area contributed by atoms with E-state index >= 15 is 0 Å². The Balaban J connectivity index is 2.50. The molecule has 0 aromatic heterocycles. The summed E-state index contributed by atoms with van der Waals surface area (Å²) >= 11 is 0. The average molecular weight is 242 g/mol. The molecular weight excluding hydrogens is 228 g/mol. The Morgan fingerprint density at radius 2 is 1.41 bits per heavy atom. The van der Waals surface area contributed by atoms with Crippen LogP contribution in [0.15, 0.2) is 0 Å². The molecule has 0 aromatic rings. The Morgan fingerprint density at radius 3 is 1.76 bits per heavy atom. The molecule has 6 nitrogen and oxygen atoms in total. The molecule has 2 saturated carbocycles. The molecule has 94 valence electrons. The van der Waals surface area contributed by atoms with Crippen LogP contribution in [-0.4, -0.2) is 33.2 Å². The molecule has 0 heterocycles. The van der Waals surface area contributed by atoms with Gasteiger partial charge >= 0.3 is 17.9 Å². The summed E-state index contributed by atoms with van der Waals surface area (Å²) in [6.07, 6.45) is 2.70. The van der Waals surface area contributed by atoms with Crippen molar-refractivity contribution in [2.24, 2.45) is 16.7 Å². The van der Waals surface area contributed by atoms with E-state index in [1.807, 2.05) is 0 Å². The highest BCUT2D eigenvalue weighted by Crippen LogP contribution is 2.68. The summed E-state index contributed by atoms with van der Waals surface area (Å²) in [4.78, 5) is 33.8. The van der Waals surface area contributed by atoms with E-state index < -0.39 is 34.7 Å². The van der Waals surface area contributed by atoms with Crippen LogP contribution in [0, 0.1) is 16.7 Å². The maximum absolute atomic E-state index is 11.4. The summed E-state index contributed by atoms with van der Waals surface area (Å²) in [6.45, 7) is 0. The summed E-state index contributed by atoms with van der Waals surface area (Å²) in [6, 6.07) is 0. The number of carboxylic acid groups (broad SMARTS) is 3. The van der Waals surface area contributed by atoms with Gasteiger partial charge in [0.25, 0.3) is 0 Å². The van der Waals surface area contributed by atoms with Crippen LogP contribution in [0.25, 0.3) is 0 Å². The van der Waals surface area contributed by atoms with Crippen molar-refractivity contribution in [3.8, 4) is 0 Å². The first-order valence-corrected chi connectivity index (χ1v) is 5.58. The minimum absolute atomic E-state index is 0.168. The van der Waals surface area contributed by atoms with Gasteiger partial charge in [-0.1, -0.05) is 12.8 Å². The fourth-order valence-electron chi connectivity index (χ4n) is 3.71. The van der Waals surface area contributed by atoms with Crippen LogP contribution < -0.4 is 0 Å². The molecule has 2 aliphatic carbocycles. The number of carboxylic acids is 3. The first-order chi connectivity index (χ1) is 7.88. The van der Waals surface area contributed by atoms with Crippen LogP contribution in [-0.2, 0) is 14.4 Å². The normalized spacial score (nSPS) is 28.6. The molecule has 0 amide bonds. The van der Waals surface area contributed by atoms with E-state index in [1.165, 1.54) is 0 Å². The Bertz CT molecular complexity index is 379. The zero-order valence-electron chi connectivity index (χ0n) is 9.18. The van der Waals surface area contributed by atoms with Crippen LogP contribution in [0.4, 0.5) is 0 Å². The van der Waals surface area contributed by atoms with Crippen LogP contribution in [0.3, 0.4) is 0 Å². The van der Waals surface area contributed by atoms with Crippen molar-refractivity contribution in [3.63, 3.8) is 0 Å². The van der Waals surface area contributed by atoms with E-state index in [2.05, 4.69) is 0 Å². The van der Waals surface area contributed by atoms with Crippen LogP contribution in [0.2, 0.25) is 0 Å². The molecule has 0 radical (unpaired) electrons. The molecule has 1 spiro atoms. The fourth-order valence-corrected chi connectivity index (χ4v) is 3.71. The standard InChI is InChI=1S/C11H14O6/c12-7(13)6-5-10(3-1-2-4-10)11(6,8(14)15)9(16)17/h6H,1-5H2,(H,12,13)(H,14,15)(H,16,17). The molecule has 3 N–H and O–H groups in total. The molecule has 0 aliphatic heterocycles. The van der Waals surface area contributed by atoms with Crippen molar-refractivity contribution in [2.45, 2.75) is 32.1 Å². The van der Waals surface area contributed by atoms with Gasteiger partial charge in [0.1, 0.15) is 0 Å². The van der Waals surface area contributed by atoms with Crippen LogP contribution in [0.5, 0.6) is 0 Å². The third-order valence-electron chi connectivity index (χ3n) is 4.49. The second-order valence-electron chi connectivity index (χ2n) is 5.00. The van der Waals surface area contributed by atoms with E-state index in [9.17, 15) is 24.6 Å². The summed E-state index contributed by atoms with van der Waals surface area (Å²) in [5.74, 6) is -5.65. The van der Waals surface area contributed by atoms with Crippen molar-refractivity contribution >= 4 is 17.9 Å². The molecule has 2 fully saturated rings. The maximum Gasteiger partial charge on any atom is 0.322 e. The molecule has 1 atom stereocenters. The third-order valence-corrected chi connectivity index (χ3v) is 4.49. The zero-order valence-corrected chi connectivity index (χ0v) is 9.18. The highest BCUT2D eigenvalue weighted by Gasteiger charge is 2.76. The summed E-state index contributed by atoms with van der Waals surface area (Å²) in [5, 5.41) is 27.5. The van der Waals surface area contributed by atoms with E-state index in [1.54, 1.807) is 0 Å². The topological polar surface area (TPSA) is 112 Å². The van der Waals surface area contributed by atoms with E-state index in [4.69, 9.17) is 5.11 Å². The van der Waals surface area contributed by atoms with Crippen molar-refractivity contribution < 1.29 is 29.7 Å². The molecule has 2 aliphatic rings. The SMILES string of the molecule is O=C(O)C1CC2(CCCC2)C1(C(=O)O)C(=O)O. The van der Waals surface area contributed by atoms with Gasteiger partial charge in [-0.05, 0) is 24.7 Å².